The Morgan fingerprint density at radius 1 is 0.955 bits per heavy atom. The SMILES string of the molecule is CCOC(=O)C(CC)N=C(c1ccccc1)c1ccccc1. The van der Waals surface area contributed by atoms with Gasteiger partial charge in [0, 0.05) is 11.1 Å². The lowest BCUT2D eigenvalue weighted by Gasteiger charge is -2.13. The smallest absolute Gasteiger partial charge is 0.330 e. The van der Waals surface area contributed by atoms with Crippen LogP contribution >= 0.6 is 0 Å². The Morgan fingerprint density at radius 2 is 1.45 bits per heavy atom. The fourth-order valence-electron chi connectivity index (χ4n) is 2.21. The van der Waals surface area contributed by atoms with Gasteiger partial charge in [-0.15, -0.1) is 0 Å². The Kier molecular flexibility index (Phi) is 5.90. The number of nitrogens with zero attached hydrogens (tertiary/aromatic N) is 1. The van der Waals surface area contributed by atoms with Crippen LogP contribution in [0.5, 0.6) is 0 Å². The predicted octanol–water partition coefficient (Wildman–Crippen LogP) is 3.87. The van der Waals surface area contributed by atoms with Crippen LogP contribution in [0.1, 0.15) is 31.4 Å². The van der Waals surface area contributed by atoms with Crippen molar-refractivity contribution in [3.05, 3.63) is 71.8 Å². The highest BCUT2D eigenvalue weighted by molar-refractivity contribution is 6.13. The molecule has 114 valence electrons. The molecule has 1 unspecified atom stereocenters. The summed E-state index contributed by atoms with van der Waals surface area (Å²) in [6.07, 6.45) is 0.613. The van der Waals surface area contributed by atoms with Gasteiger partial charge in [0.15, 0.2) is 0 Å². The number of benzene rings is 2. The molecule has 3 nitrogen and oxygen atoms in total. The number of carbonyl (C=O) groups is 1. The van der Waals surface area contributed by atoms with Gasteiger partial charge in [0.05, 0.1) is 12.3 Å². The van der Waals surface area contributed by atoms with Gasteiger partial charge < -0.3 is 4.74 Å². The Morgan fingerprint density at radius 3 is 1.86 bits per heavy atom. The second-order valence-electron chi connectivity index (χ2n) is 4.89. The maximum absolute atomic E-state index is 12.0. The fourth-order valence-corrected chi connectivity index (χ4v) is 2.21. The summed E-state index contributed by atoms with van der Waals surface area (Å²) < 4.78 is 5.12. The Bertz CT molecular complexity index is 579. The van der Waals surface area contributed by atoms with E-state index in [1.807, 2.05) is 74.5 Å². The van der Waals surface area contributed by atoms with Crippen molar-refractivity contribution in [3.63, 3.8) is 0 Å². The number of rotatable bonds is 6. The van der Waals surface area contributed by atoms with E-state index in [-0.39, 0.29) is 5.97 Å². The van der Waals surface area contributed by atoms with Gasteiger partial charge in [0.2, 0.25) is 0 Å². The molecule has 2 aromatic carbocycles. The van der Waals surface area contributed by atoms with E-state index < -0.39 is 6.04 Å². The largest absolute Gasteiger partial charge is 0.464 e. The molecule has 0 saturated carbocycles. The van der Waals surface area contributed by atoms with Crippen molar-refractivity contribution in [2.75, 3.05) is 6.61 Å². The summed E-state index contributed by atoms with van der Waals surface area (Å²) in [7, 11) is 0. The third kappa shape index (κ3) is 4.04. The molecule has 0 bridgehead atoms. The zero-order valence-electron chi connectivity index (χ0n) is 13.0. The second-order valence-corrected chi connectivity index (χ2v) is 4.89. The first kappa shape index (κ1) is 16.0. The third-order valence-electron chi connectivity index (χ3n) is 3.32. The van der Waals surface area contributed by atoms with E-state index >= 15 is 0 Å². The zero-order valence-corrected chi connectivity index (χ0v) is 13.0. The van der Waals surface area contributed by atoms with E-state index in [0.29, 0.717) is 13.0 Å². The fraction of sp³-hybridized carbons (Fsp3) is 0.263. The van der Waals surface area contributed by atoms with Crippen LogP contribution in [-0.2, 0) is 9.53 Å². The van der Waals surface area contributed by atoms with Crippen LogP contribution in [0.4, 0.5) is 0 Å². The minimum Gasteiger partial charge on any atom is -0.464 e. The molecule has 0 aliphatic carbocycles. The summed E-state index contributed by atoms with van der Waals surface area (Å²) in [5.41, 5.74) is 2.81. The molecular weight excluding hydrogens is 274 g/mol. The molecule has 2 aromatic rings. The number of hydrogen-bond donors (Lipinski definition) is 0. The molecule has 0 fully saturated rings. The molecule has 2 rings (SSSR count). The van der Waals surface area contributed by atoms with Gasteiger partial charge in [0.25, 0.3) is 0 Å². The van der Waals surface area contributed by atoms with Gasteiger partial charge >= 0.3 is 5.97 Å². The van der Waals surface area contributed by atoms with E-state index in [4.69, 9.17) is 9.73 Å². The first-order valence-electron chi connectivity index (χ1n) is 7.61. The number of aliphatic imine (C=N–C) groups is 1. The highest BCUT2D eigenvalue weighted by Gasteiger charge is 2.18. The van der Waals surface area contributed by atoms with Crippen molar-refractivity contribution < 1.29 is 9.53 Å². The van der Waals surface area contributed by atoms with Crippen molar-refractivity contribution >= 4 is 11.7 Å². The minimum atomic E-state index is -0.477. The summed E-state index contributed by atoms with van der Waals surface area (Å²) in [4.78, 5) is 16.7. The molecule has 0 aromatic heterocycles. The molecule has 3 heteroatoms. The molecule has 0 heterocycles. The highest BCUT2D eigenvalue weighted by atomic mass is 16.5. The van der Waals surface area contributed by atoms with Crippen LogP contribution in [0, 0.1) is 0 Å². The molecule has 0 aliphatic rings. The molecule has 22 heavy (non-hydrogen) atoms. The lowest BCUT2D eigenvalue weighted by atomic mass is 10.0. The highest BCUT2D eigenvalue weighted by Crippen LogP contribution is 2.14. The first-order chi connectivity index (χ1) is 10.8. The summed E-state index contributed by atoms with van der Waals surface area (Å²) in [6.45, 7) is 4.12. The van der Waals surface area contributed by atoms with Gasteiger partial charge in [-0.1, -0.05) is 67.6 Å². The quantitative estimate of drug-likeness (QED) is 0.599. The average molecular weight is 295 g/mol. The zero-order chi connectivity index (χ0) is 15.8. The van der Waals surface area contributed by atoms with Crippen molar-refractivity contribution in [2.45, 2.75) is 26.3 Å². The summed E-state index contributed by atoms with van der Waals surface area (Å²) >= 11 is 0. The van der Waals surface area contributed by atoms with Gasteiger partial charge in [0.1, 0.15) is 6.04 Å². The normalized spacial score (nSPS) is 11.5. The van der Waals surface area contributed by atoms with Gasteiger partial charge in [-0.25, -0.2) is 4.79 Å². The Labute approximate surface area is 131 Å². The van der Waals surface area contributed by atoms with Crippen molar-refractivity contribution in [2.24, 2.45) is 4.99 Å². The summed E-state index contributed by atoms with van der Waals surface area (Å²) in [5.74, 6) is -0.269. The minimum absolute atomic E-state index is 0.269. The van der Waals surface area contributed by atoms with Crippen LogP contribution in [0.25, 0.3) is 0 Å². The van der Waals surface area contributed by atoms with Crippen molar-refractivity contribution in [3.8, 4) is 0 Å². The number of hydrogen-bond acceptors (Lipinski definition) is 3. The second kappa shape index (κ2) is 8.13. The third-order valence-corrected chi connectivity index (χ3v) is 3.32. The lowest BCUT2D eigenvalue weighted by Crippen LogP contribution is -2.23. The molecule has 0 amide bonds. The standard InChI is InChI=1S/C19H21NO2/c1-3-17(19(21)22-4-2)20-18(15-11-7-5-8-12-15)16-13-9-6-10-14-16/h5-14,17H,3-4H2,1-2H3. The summed E-state index contributed by atoms with van der Waals surface area (Å²) in [5, 5.41) is 0. The van der Waals surface area contributed by atoms with Gasteiger partial charge in [-0.2, -0.15) is 0 Å². The van der Waals surface area contributed by atoms with E-state index in [0.717, 1.165) is 16.8 Å². The van der Waals surface area contributed by atoms with Crippen LogP contribution in [0.2, 0.25) is 0 Å². The molecule has 0 spiro atoms. The lowest BCUT2D eigenvalue weighted by molar-refractivity contribution is -0.144. The van der Waals surface area contributed by atoms with Gasteiger partial charge in [-0.05, 0) is 13.3 Å². The Hall–Kier alpha value is -2.42. The van der Waals surface area contributed by atoms with Crippen LogP contribution < -0.4 is 0 Å². The van der Waals surface area contributed by atoms with E-state index in [1.165, 1.54) is 0 Å². The summed E-state index contributed by atoms with van der Waals surface area (Å²) in [6, 6.07) is 19.4. The molecule has 0 radical (unpaired) electrons. The molecule has 0 aliphatic heterocycles. The Balaban J connectivity index is 2.44. The number of esters is 1. The molecular formula is C19H21NO2. The molecule has 0 N–H and O–H groups in total. The van der Waals surface area contributed by atoms with Crippen molar-refractivity contribution in [1.82, 2.24) is 0 Å². The van der Waals surface area contributed by atoms with Crippen LogP contribution in [-0.4, -0.2) is 24.3 Å². The average Bonchev–Trinajstić information content (AvgIpc) is 2.57. The topological polar surface area (TPSA) is 38.7 Å². The number of ether oxygens (including phenoxy) is 1. The van der Waals surface area contributed by atoms with Gasteiger partial charge in [-0.3, -0.25) is 4.99 Å². The van der Waals surface area contributed by atoms with Crippen molar-refractivity contribution in [1.29, 1.82) is 0 Å². The van der Waals surface area contributed by atoms with E-state index in [9.17, 15) is 4.79 Å². The maximum Gasteiger partial charge on any atom is 0.330 e. The van der Waals surface area contributed by atoms with Crippen LogP contribution in [0.15, 0.2) is 65.7 Å². The molecule has 1 atom stereocenters. The van der Waals surface area contributed by atoms with E-state index in [1.54, 1.807) is 0 Å². The van der Waals surface area contributed by atoms with Crippen LogP contribution in [0.3, 0.4) is 0 Å². The monoisotopic (exact) mass is 295 g/mol. The predicted molar refractivity (Wildman–Crippen MR) is 89.2 cm³/mol. The maximum atomic E-state index is 12.0. The molecule has 0 saturated heterocycles. The van der Waals surface area contributed by atoms with E-state index in [2.05, 4.69) is 0 Å². The first-order valence-corrected chi connectivity index (χ1v) is 7.61. The number of carbonyl (C=O) groups excluding carboxylic acids is 1.